The monoisotopic (exact) mass is 308 g/mol. The van der Waals surface area contributed by atoms with E-state index in [4.69, 9.17) is 14.2 Å². The quantitative estimate of drug-likeness (QED) is 0.840. The van der Waals surface area contributed by atoms with Crippen molar-refractivity contribution in [1.82, 2.24) is 9.88 Å². The molecule has 0 N–H and O–H groups in total. The predicted octanol–water partition coefficient (Wildman–Crippen LogP) is 2.43. The molecule has 6 nitrogen and oxygen atoms in total. The van der Waals surface area contributed by atoms with Gasteiger partial charge in [0.15, 0.2) is 0 Å². The highest BCUT2D eigenvalue weighted by molar-refractivity contribution is 5.68. The van der Waals surface area contributed by atoms with Gasteiger partial charge in [0.1, 0.15) is 11.4 Å². The van der Waals surface area contributed by atoms with Crippen molar-refractivity contribution in [3.63, 3.8) is 0 Å². The van der Waals surface area contributed by atoms with Crippen molar-refractivity contribution >= 4 is 6.09 Å². The van der Waals surface area contributed by atoms with Crippen LogP contribution in [0, 0.1) is 0 Å². The molecule has 1 amide bonds. The van der Waals surface area contributed by atoms with Crippen molar-refractivity contribution in [2.75, 3.05) is 27.3 Å². The third kappa shape index (κ3) is 3.81. The molecular formula is C16H24N2O4. The molecule has 1 aliphatic heterocycles. The fourth-order valence-corrected chi connectivity index (χ4v) is 2.44. The molecule has 0 radical (unpaired) electrons. The fourth-order valence-electron chi connectivity index (χ4n) is 2.44. The van der Waals surface area contributed by atoms with Gasteiger partial charge in [0.2, 0.25) is 5.88 Å². The molecule has 0 saturated heterocycles. The number of carbonyl (C=O) groups is 1. The van der Waals surface area contributed by atoms with E-state index in [2.05, 4.69) is 4.98 Å². The molecule has 0 unspecified atom stereocenters. The Morgan fingerprint density at radius 1 is 1.18 bits per heavy atom. The smallest absolute Gasteiger partial charge is 0.410 e. The van der Waals surface area contributed by atoms with E-state index in [1.54, 1.807) is 25.2 Å². The number of methoxy groups -OCH3 is 2. The largest absolute Gasteiger partial charge is 0.496 e. The van der Waals surface area contributed by atoms with Gasteiger partial charge in [-0.15, -0.1) is 0 Å². The Hall–Kier alpha value is -1.98. The first kappa shape index (κ1) is 16.4. The number of pyridine rings is 1. The average molecular weight is 308 g/mol. The Labute approximate surface area is 131 Å². The van der Waals surface area contributed by atoms with Crippen molar-refractivity contribution in [2.24, 2.45) is 0 Å². The minimum Gasteiger partial charge on any atom is -0.496 e. The molecule has 2 heterocycles. The third-order valence-corrected chi connectivity index (χ3v) is 3.48. The van der Waals surface area contributed by atoms with Gasteiger partial charge in [-0.1, -0.05) is 0 Å². The van der Waals surface area contributed by atoms with E-state index in [0.717, 1.165) is 17.0 Å². The molecular weight excluding hydrogens is 284 g/mol. The summed E-state index contributed by atoms with van der Waals surface area (Å²) in [6.45, 7) is 6.77. The van der Waals surface area contributed by atoms with Crippen LogP contribution in [-0.2, 0) is 17.6 Å². The maximum absolute atomic E-state index is 12.2. The first-order chi connectivity index (χ1) is 10.3. The average Bonchev–Trinajstić information content (AvgIpc) is 2.66. The zero-order valence-corrected chi connectivity index (χ0v) is 13.9. The summed E-state index contributed by atoms with van der Waals surface area (Å²) in [5.74, 6) is 1.29. The van der Waals surface area contributed by atoms with Gasteiger partial charge in [-0.25, -0.2) is 9.78 Å². The summed E-state index contributed by atoms with van der Waals surface area (Å²) in [4.78, 5) is 18.4. The molecule has 0 spiro atoms. The molecule has 0 fully saturated rings. The van der Waals surface area contributed by atoms with Crippen molar-refractivity contribution in [1.29, 1.82) is 0 Å². The lowest BCUT2D eigenvalue weighted by atomic mass is 10.1. The van der Waals surface area contributed by atoms with Gasteiger partial charge in [0.25, 0.3) is 0 Å². The van der Waals surface area contributed by atoms with Crippen LogP contribution in [0.5, 0.6) is 11.6 Å². The summed E-state index contributed by atoms with van der Waals surface area (Å²) in [5, 5.41) is 0. The second-order valence-corrected chi connectivity index (χ2v) is 6.26. The van der Waals surface area contributed by atoms with E-state index in [9.17, 15) is 4.79 Å². The Morgan fingerprint density at radius 3 is 2.45 bits per heavy atom. The minimum atomic E-state index is -0.491. The number of hydrogen-bond acceptors (Lipinski definition) is 5. The highest BCUT2D eigenvalue weighted by atomic mass is 16.6. The maximum Gasteiger partial charge on any atom is 0.410 e. The van der Waals surface area contributed by atoms with Crippen LogP contribution in [-0.4, -0.2) is 48.9 Å². The second-order valence-electron chi connectivity index (χ2n) is 6.26. The number of amides is 1. The molecule has 0 aromatic carbocycles. The van der Waals surface area contributed by atoms with Crippen LogP contribution in [0.25, 0.3) is 0 Å². The van der Waals surface area contributed by atoms with Crippen molar-refractivity contribution in [3.05, 3.63) is 17.3 Å². The number of fused-ring (bicyclic) bond motifs is 1. The topological polar surface area (TPSA) is 60.9 Å². The second kappa shape index (κ2) is 6.42. The lowest BCUT2D eigenvalue weighted by Crippen LogP contribution is -2.38. The number of hydrogen-bond donors (Lipinski definition) is 0. The lowest BCUT2D eigenvalue weighted by molar-refractivity contribution is 0.0258. The van der Waals surface area contributed by atoms with E-state index in [1.807, 2.05) is 20.8 Å². The van der Waals surface area contributed by atoms with E-state index < -0.39 is 5.60 Å². The molecule has 6 heteroatoms. The summed E-state index contributed by atoms with van der Waals surface area (Å²) in [7, 11) is 3.21. The van der Waals surface area contributed by atoms with E-state index in [1.165, 1.54) is 0 Å². The number of nitrogens with zero attached hydrogens (tertiary/aromatic N) is 2. The van der Waals surface area contributed by atoms with Crippen LogP contribution in [0.2, 0.25) is 0 Å². The molecule has 0 atom stereocenters. The maximum atomic E-state index is 12.2. The summed E-state index contributed by atoms with van der Waals surface area (Å²) < 4.78 is 16.1. The van der Waals surface area contributed by atoms with Gasteiger partial charge >= 0.3 is 6.09 Å². The summed E-state index contributed by atoms with van der Waals surface area (Å²) >= 11 is 0. The van der Waals surface area contributed by atoms with Gasteiger partial charge in [-0.2, -0.15) is 0 Å². The van der Waals surface area contributed by atoms with Crippen LogP contribution in [0.15, 0.2) is 6.07 Å². The van der Waals surface area contributed by atoms with Crippen LogP contribution in [0.3, 0.4) is 0 Å². The van der Waals surface area contributed by atoms with Crippen molar-refractivity contribution in [2.45, 2.75) is 39.2 Å². The van der Waals surface area contributed by atoms with Gasteiger partial charge in [0, 0.05) is 31.1 Å². The van der Waals surface area contributed by atoms with Crippen LogP contribution in [0.1, 0.15) is 32.0 Å². The molecule has 0 bridgehead atoms. The van der Waals surface area contributed by atoms with Crippen LogP contribution < -0.4 is 9.47 Å². The summed E-state index contributed by atoms with van der Waals surface area (Å²) in [6, 6.07) is 1.78. The van der Waals surface area contributed by atoms with Gasteiger partial charge in [0.05, 0.1) is 19.9 Å². The molecule has 0 aliphatic carbocycles. The predicted molar refractivity (Wildman–Crippen MR) is 82.6 cm³/mol. The molecule has 1 aromatic rings. The summed E-state index contributed by atoms with van der Waals surface area (Å²) in [6.07, 6.45) is 1.06. The highest BCUT2D eigenvalue weighted by Gasteiger charge is 2.26. The van der Waals surface area contributed by atoms with Gasteiger partial charge in [-0.3, -0.25) is 0 Å². The third-order valence-electron chi connectivity index (χ3n) is 3.48. The molecule has 22 heavy (non-hydrogen) atoms. The highest BCUT2D eigenvalue weighted by Crippen LogP contribution is 2.29. The standard InChI is InChI=1S/C16H24N2O4/c1-16(2,3)22-15(19)18-8-6-11-12(7-9-18)17-14(21-5)10-13(11)20-4/h10H,6-9H2,1-5H3. The Morgan fingerprint density at radius 2 is 1.86 bits per heavy atom. The molecule has 0 saturated carbocycles. The Bertz CT molecular complexity index is 552. The van der Waals surface area contributed by atoms with Crippen molar-refractivity contribution < 1.29 is 19.0 Å². The molecule has 1 aliphatic rings. The van der Waals surface area contributed by atoms with Gasteiger partial charge < -0.3 is 19.1 Å². The molecule has 1 aromatic heterocycles. The zero-order valence-electron chi connectivity index (χ0n) is 13.9. The Balaban J connectivity index is 2.18. The summed E-state index contributed by atoms with van der Waals surface area (Å²) in [5.41, 5.74) is 1.46. The van der Waals surface area contributed by atoms with Gasteiger partial charge in [-0.05, 0) is 27.2 Å². The lowest BCUT2D eigenvalue weighted by Gasteiger charge is -2.26. The molecule has 2 rings (SSSR count). The van der Waals surface area contributed by atoms with Crippen molar-refractivity contribution in [3.8, 4) is 11.6 Å². The first-order valence-corrected chi connectivity index (χ1v) is 7.42. The van der Waals surface area contributed by atoms with E-state index in [0.29, 0.717) is 31.8 Å². The number of carbonyl (C=O) groups excluding carboxylic acids is 1. The van der Waals surface area contributed by atoms with Crippen LogP contribution >= 0.6 is 0 Å². The number of ether oxygens (including phenoxy) is 3. The normalized spacial score (nSPS) is 14.9. The van der Waals surface area contributed by atoms with E-state index in [-0.39, 0.29) is 6.09 Å². The first-order valence-electron chi connectivity index (χ1n) is 7.42. The number of aromatic nitrogens is 1. The number of rotatable bonds is 2. The molecule has 122 valence electrons. The Kier molecular flexibility index (Phi) is 4.78. The van der Waals surface area contributed by atoms with Crippen LogP contribution in [0.4, 0.5) is 4.79 Å². The fraction of sp³-hybridized carbons (Fsp3) is 0.625. The van der Waals surface area contributed by atoms with E-state index >= 15 is 0 Å². The SMILES string of the molecule is COc1cc(OC)c2c(n1)CCN(C(=O)OC(C)(C)C)CC2. The zero-order chi connectivity index (χ0) is 16.3. The minimum absolute atomic E-state index is 0.286.